The fourth-order valence-electron chi connectivity index (χ4n) is 1.96. The van der Waals surface area contributed by atoms with Gasteiger partial charge in [0.15, 0.2) is 0 Å². The first kappa shape index (κ1) is 12.1. The predicted molar refractivity (Wildman–Crippen MR) is 78.1 cm³/mol. The van der Waals surface area contributed by atoms with Crippen LogP contribution in [-0.4, -0.2) is 9.97 Å². The van der Waals surface area contributed by atoms with Gasteiger partial charge in [0.05, 0.1) is 5.39 Å². The summed E-state index contributed by atoms with van der Waals surface area (Å²) < 4.78 is 5.97. The molecule has 0 N–H and O–H groups in total. The lowest BCUT2D eigenvalue weighted by molar-refractivity contribution is 0.464. The lowest BCUT2D eigenvalue weighted by Gasteiger charge is -2.09. The number of ether oxygens (including phenoxy) is 1. The fourth-order valence-corrected chi connectivity index (χ4v) is 2.79. The minimum absolute atomic E-state index is 0.628. The van der Waals surface area contributed by atoms with Crippen LogP contribution in [0.1, 0.15) is 16.0 Å². The highest BCUT2D eigenvalue weighted by molar-refractivity contribution is 7.18. The lowest BCUT2D eigenvalue weighted by Crippen LogP contribution is -1.92. The normalized spacial score (nSPS) is 10.9. The maximum absolute atomic E-state index is 5.97. The molecule has 2 aromatic heterocycles. The summed E-state index contributed by atoms with van der Waals surface area (Å²) in [5, 5.41) is 0.978. The van der Waals surface area contributed by atoms with Crippen LogP contribution in [0.5, 0.6) is 11.6 Å². The number of fused-ring (bicyclic) bond motifs is 1. The van der Waals surface area contributed by atoms with Crippen molar-refractivity contribution in [1.82, 2.24) is 9.97 Å². The Hall–Kier alpha value is -1.94. The van der Waals surface area contributed by atoms with Crippen molar-refractivity contribution in [3.63, 3.8) is 0 Å². The Bertz CT molecular complexity index is 749. The number of aromatic nitrogens is 2. The van der Waals surface area contributed by atoms with Gasteiger partial charge >= 0.3 is 0 Å². The number of nitrogens with zero attached hydrogens (tertiary/aromatic N) is 2. The number of benzene rings is 1. The molecule has 2 heterocycles. The van der Waals surface area contributed by atoms with E-state index in [0.29, 0.717) is 5.88 Å². The molecule has 4 heteroatoms. The van der Waals surface area contributed by atoms with E-state index in [-0.39, 0.29) is 0 Å². The highest BCUT2D eigenvalue weighted by Gasteiger charge is 2.10. The van der Waals surface area contributed by atoms with Gasteiger partial charge in [0.25, 0.3) is 0 Å². The Morgan fingerprint density at radius 1 is 1.05 bits per heavy atom. The van der Waals surface area contributed by atoms with Crippen LogP contribution in [0, 0.1) is 20.8 Å². The topological polar surface area (TPSA) is 35.0 Å². The van der Waals surface area contributed by atoms with Gasteiger partial charge in [-0.2, -0.15) is 0 Å². The largest absolute Gasteiger partial charge is 0.438 e. The first-order chi connectivity index (χ1) is 9.13. The molecule has 0 saturated carbocycles. The van der Waals surface area contributed by atoms with Gasteiger partial charge in [-0.3, -0.25) is 0 Å². The van der Waals surface area contributed by atoms with Crippen molar-refractivity contribution in [2.75, 3.05) is 0 Å². The summed E-state index contributed by atoms with van der Waals surface area (Å²) >= 11 is 1.65. The summed E-state index contributed by atoms with van der Waals surface area (Å²) in [5.74, 6) is 1.48. The average Bonchev–Trinajstić information content (AvgIpc) is 2.75. The van der Waals surface area contributed by atoms with Crippen molar-refractivity contribution in [2.24, 2.45) is 0 Å². The predicted octanol–water partition coefficient (Wildman–Crippen LogP) is 4.41. The van der Waals surface area contributed by atoms with E-state index >= 15 is 0 Å². The number of hydrogen-bond donors (Lipinski definition) is 0. The zero-order valence-electron chi connectivity index (χ0n) is 11.1. The van der Waals surface area contributed by atoms with Crippen LogP contribution in [-0.2, 0) is 0 Å². The second kappa shape index (κ2) is 4.63. The van der Waals surface area contributed by atoms with E-state index in [9.17, 15) is 0 Å². The second-order valence-corrected chi connectivity index (χ2v) is 5.86. The molecule has 3 nitrogen and oxygen atoms in total. The summed E-state index contributed by atoms with van der Waals surface area (Å²) in [6.07, 6.45) is 1.55. The Morgan fingerprint density at radius 2 is 1.89 bits per heavy atom. The van der Waals surface area contributed by atoms with Crippen LogP contribution in [0.15, 0.2) is 30.6 Å². The monoisotopic (exact) mass is 270 g/mol. The Kier molecular flexibility index (Phi) is 2.95. The van der Waals surface area contributed by atoms with Crippen molar-refractivity contribution in [1.29, 1.82) is 0 Å². The third-order valence-electron chi connectivity index (χ3n) is 2.97. The fraction of sp³-hybridized carbons (Fsp3) is 0.200. The molecule has 0 amide bonds. The van der Waals surface area contributed by atoms with Crippen LogP contribution in [0.2, 0.25) is 0 Å². The highest BCUT2D eigenvalue weighted by Crippen LogP contribution is 2.33. The van der Waals surface area contributed by atoms with Gasteiger partial charge in [-0.1, -0.05) is 12.1 Å². The van der Waals surface area contributed by atoms with Crippen LogP contribution >= 0.6 is 11.3 Å². The second-order valence-electron chi connectivity index (χ2n) is 4.63. The Balaban J connectivity index is 2.08. The van der Waals surface area contributed by atoms with Crippen molar-refractivity contribution in [2.45, 2.75) is 20.8 Å². The third kappa shape index (κ3) is 2.31. The van der Waals surface area contributed by atoms with Gasteiger partial charge in [-0.05, 0) is 44.0 Å². The molecule has 0 fully saturated rings. The van der Waals surface area contributed by atoms with Crippen molar-refractivity contribution in [3.8, 4) is 11.6 Å². The van der Waals surface area contributed by atoms with Crippen molar-refractivity contribution < 1.29 is 4.74 Å². The van der Waals surface area contributed by atoms with Crippen molar-refractivity contribution >= 4 is 21.6 Å². The summed E-state index contributed by atoms with van der Waals surface area (Å²) in [6, 6.07) is 8.23. The number of thiophene rings is 1. The molecular weight excluding hydrogens is 256 g/mol. The summed E-state index contributed by atoms with van der Waals surface area (Å²) in [6.45, 7) is 6.15. The van der Waals surface area contributed by atoms with E-state index in [1.807, 2.05) is 13.0 Å². The minimum atomic E-state index is 0.628. The van der Waals surface area contributed by atoms with Gasteiger partial charge in [-0.25, -0.2) is 9.97 Å². The van der Waals surface area contributed by atoms with Gasteiger partial charge in [-0.15, -0.1) is 11.3 Å². The molecule has 0 atom stereocenters. The summed E-state index contributed by atoms with van der Waals surface area (Å²) in [4.78, 5) is 10.7. The van der Waals surface area contributed by atoms with Gasteiger partial charge in [0.1, 0.15) is 16.9 Å². The molecule has 0 unspecified atom stereocenters. The smallest absolute Gasteiger partial charge is 0.231 e. The first-order valence-electron chi connectivity index (χ1n) is 6.10. The molecule has 1 aromatic carbocycles. The molecular formula is C15H14N2OS. The molecule has 0 bridgehead atoms. The molecule has 0 radical (unpaired) electrons. The van der Waals surface area contributed by atoms with Crippen LogP contribution < -0.4 is 4.74 Å². The third-order valence-corrected chi connectivity index (χ3v) is 3.92. The van der Waals surface area contributed by atoms with E-state index in [1.54, 1.807) is 17.7 Å². The molecule has 3 rings (SSSR count). The van der Waals surface area contributed by atoms with E-state index < -0.39 is 0 Å². The van der Waals surface area contributed by atoms with Gasteiger partial charge in [0.2, 0.25) is 5.88 Å². The molecule has 0 aliphatic heterocycles. The average molecular weight is 270 g/mol. The first-order valence-corrected chi connectivity index (χ1v) is 6.91. The van der Waals surface area contributed by atoms with Crippen LogP contribution in [0.4, 0.5) is 0 Å². The van der Waals surface area contributed by atoms with Gasteiger partial charge < -0.3 is 4.74 Å². The quantitative estimate of drug-likeness (QED) is 0.692. The number of aryl methyl sites for hydroxylation is 3. The lowest BCUT2D eigenvalue weighted by atomic mass is 10.1. The Morgan fingerprint density at radius 3 is 2.74 bits per heavy atom. The van der Waals surface area contributed by atoms with E-state index in [1.165, 1.54) is 10.4 Å². The zero-order chi connectivity index (χ0) is 13.4. The van der Waals surface area contributed by atoms with Gasteiger partial charge in [0, 0.05) is 4.88 Å². The zero-order valence-corrected chi connectivity index (χ0v) is 11.9. The maximum Gasteiger partial charge on any atom is 0.231 e. The highest BCUT2D eigenvalue weighted by atomic mass is 32.1. The van der Waals surface area contributed by atoms with Crippen LogP contribution in [0.25, 0.3) is 10.2 Å². The molecule has 0 aliphatic rings. The Labute approximate surface area is 115 Å². The molecule has 96 valence electrons. The number of hydrogen-bond acceptors (Lipinski definition) is 4. The van der Waals surface area contributed by atoms with Crippen molar-refractivity contribution in [3.05, 3.63) is 46.6 Å². The molecule has 3 aromatic rings. The molecule has 19 heavy (non-hydrogen) atoms. The molecule has 0 spiro atoms. The van der Waals surface area contributed by atoms with Crippen LogP contribution in [0.3, 0.4) is 0 Å². The van der Waals surface area contributed by atoms with E-state index in [0.717, 1.165) is 21.5 Å². The molecule has 0 saturated heterocycles. The standard InChI is InChI=1S/C15H14N2OS/c1-9-4-5-10(2)13(6-9)18-14-12-7-11(3)19-15(12)17-8-16-14/h4-8H,1-3H3. The van der Waals surface area contributed by atoms with E-state index in [4.69, 9.17) is 4.74 Å². The summed E-state index contributed by atoms with van der Waals surface area (Å²) in [5.41, 5.74) is 2.27. The maximum atomic E-state index is 5.97. The molecule has 0 aliphatic carbocycles. The SMILES string of the molecule is Cc1ccc(C)c(Oc2ncnc3sc(C)cc23)c1. The van der Waals surface area contributed by atoms with E-state index in [2.05, 4.69) is 42.0 Å². The minimum Gasteiger partial charge on any atom is -0.438 e. The summed E-state index contributed by atoms with van der Waals surface area (Å²) in [7, 11) is 0. The number of rotatable bonds is 2.